The van der Waals surface area contributed by atoms with E-state index in [1.165, 1.54) is 0 Å². The zero-order valence-corrected chi connectivity index (χ0v) is 9.26. The van der Waals surface area contributed by atoms with Crippen molar-refractivity contribution in [3.63, 3.8) is 0 Å². The molecule has 4 nitrogen and oxygen atoms in total. The molecule has 1 fully saturated rings. The highest BCUT2D eigenvalue weighted by Gasteiger charge is 2.12. The van der Waals surface area contributed by atoms with Crippen molar-refractivity contribution < 1.29 is 9.53 Å². The Hall–Kier alpha value is -1.26. The number of hydrogen-bond donors (Lipinski definition) is 0. The number of carbonyl (C=O) groups is 1. The van der Waals surface area contributed by atoms with E-state index in [1.54, 1.807) is 24.5 Å². The summed E-state index contributed by atoms with van der Waals surface area (Å²) in [5.74, 6) is 0.189. The van der Waals surface area contributed by atoms with Crippen LogP contribution in [0.25, 0.3) is 0 Å². The monoisotopic (exact) mass is 220 g/mol. The summed E-state index contributed by atoms with van der Waals surface area (Å²) in [7, 11) is 0. The normalized spacial score (nSPS) is 17.2. The Kier molecular flexibility index (Phi) is 4.02. The van der Waals surface area contributed by atoms with Gasteiger partial charge in [0.2, 0.25) is 0 Å². The van der Waals surface area contributed by atoms with Gasteiger partial charge in [0.25, 0.3) is 0 Å². The largest absolute Gasteiger partial charge is 0.379 e. The van der Waals surface area contributed by atoms with E-state index in [-0.39, 0.29) is 5.78 Å². The van der Waals surface area contributed by atoms with Gasteiger partial charge in [-0.15, -0.1) is 0 Å². The smallest absolute Gasteiger partial charge is 0.164 e. The molecule has 1 aliphatic rings. The SMILES string of the molecule is O=C(CCN1CCOCC1)c1ccncc1. The average Bonchev–Trinajstić information content (AvgIpc) is 2.38. The second-order valence-corrected chi connectivity index (χ2v) is 3.86. The first-order valence-corrected chi connectivity index (χ1v) is 5.59. The minimum atomic E-state index is 0.189. The van der Waals surface area contributed by atoms with Crippen LogP contribution in [0, 0.1) is 0 Å². The van der Waals surface area contributed by atoms with Gasteiger partial charge in [-0.05, 0) is 12.1 Å². The highest BCUT2D eigenvalue weighted by Crippen LogP contribution is 2.04. The lowest BCUT2D eigenvalue weighted by Crippen LogP contribution is -2.37. The van der Waals surface area contributed by atoms with Gasteiger partial charge >= 0.3 is 0 Å². The number of rotatable bonds is 4. The molecule has 0 radical (unpaired) electrons. The number of ketones is 1. The van der Waals surface area contributed by atoms with Crippen molar-refractivity contribution in [3.8, 4) is 0 Å². The molecule has 1 aliphatic heterocycles. The summed E-state index contributed by atoms with van der Waals surface area (Å²) in [6, 6.07) is 3.53. The second kappa shape index (κ2) is 5.72. The molecule has 0 atom stereocenters. The number of ether oxygens (including phenoxy) is 1. The Morgan fingerprint density at radius 3 is 2.69 bits per heavy atom. The Morgan fingerprint density at radius 2 is 2.00 bits per heavy atom. The van der Waals surface area contributed by atoms with E-state index in [0.29, 0.717) is 6.42 Å². The number of nitrogens with zero attached hydrogens (tertiary/aromatic N) is 2. The van der Waals surface area contributed by atoms with Crippen LogP contribution in [-0.2, 0) is 4.74 Å². The molecule has 4 heteroatoms. The molecule has 2 rings (SSSR count). The fraction of sp³-hybridized carbons (Fsp3) is 0.500. The van der Waals surface area contributed by atoms with Crippen molar-refractivity contribution >= 4 is 5.78 Å². The Morgan fingerprint density at radius 1 is 1.31 bits per heavy atom. The third-order valence-electron chi connectivity index (χ3n) is 2.76. The Bertz CT molecular complexity index is 334. The minimum absolute atomic E-state index is 0.189. The highest BCUT2D eigenvalue weighted by atomic mass is 16.5. The maximum absolute atomic E-state index is 11.8. The van der Waals surface area contributed by atoms with Gasteiger partial charge in [-0.2, -0.15) is 0 Å². The molecule has 1 aromatic rings. The third-order valence-corrected chi connectivity index (χ3v) is 2.76. The Balaban J connectivity index is 1.79. The molecule has 0 aromatic carbocycles. The van der Waals surface area contributed by atoms with Crippen LogP contribution in [-0.4, -0.2) is 48.5 Å². The molecule has 0 bridgehead atoms. The van der Waals surface area contributed by atoms with Gasteiger partial charge in [0, 0.05) is 44.0 Å². The van der Waals surface area contributed by atoms with Gasteiger partial charge in [0.05, 0.1) is 13.2 Å². The van der Waals surface area contributed by atoms with Crippen LogP contribution in [0.1, 0.15) is 16.8 Å². The van der Waals surface area contributed by atoms with Crippen molar-refractivity contribution in [1.82, 2.24) is 9.88 Å². The van der Waals surface area contributed by atoms with E-state index in [1.807, 2.05) is 0 Å². The summed E-state index contributed by atoms with van der Waals surface area (Å²) in [5.41, 5.74) is 0.753. The molecule has 0 spiro atoms. The number of hydrogen-bond acceptors (Lipinski definition) is 4. The first kappa shape index (κ1) is 11.2. The van der Waals surface area contributed by atoms with Crippen molar-refractivity contribution in [3.05, 3.63) is 30.1 Å². The molecule has 0 unspecified atom stereocenters. The van der Waals surface area contributed by atoms with E-state index in [4.69, 9.17) is 4.74 Å². The van der Waals surface area contributed by atoms with E-state index < -0.39 is 0 Å². The van der Waals surface area contributed by atoms with Crippen LogP contribution in [0.2, 0.25) is 0 Å². The van der Waals surface area contributed by atoms with Crippen molar-refractivity contribution in [2.24, 2.45) is 0 Å². The summed E-state index contributed by atoms with van der Waals surface area (Å²) in [5, 5.41) is 0. The lowest BCUT2D eigenvalue weighted by molar-refractivity contribution is 0.0370. The second-order valence-electron chi connectivity index (χ2n) is 3.86. The van der Waals surface area contributed by atoms with Gasteiger partial charge < -0.3 is 4.74 Å². The van der Waals surface area contributed by atoms with Crippen LogP contribution in [0.4, 0.5) is 0 Å². The van der Waals surface area contributed by atoms with Gasteiger partial charge in [0.1, 0.15) is 0 Å². The summed E-state index contributed by atoms with van der Waals surface area (Å²) >= 11 is 0. The zero-order valence-electron chi connectivity index (χ0n) is 9.26. The molecular formula is C12H16N2O2. The molecule has 1 saturated heterocycles. The van der Waals surface area contributed by atoms with Gasteiger partial charge in [-0.25, -0.2) is 0 Å². The molecule has 1 aromatic heterocycles. The van der Waals surface area contributed by atoms with Gasteiger partial charge in [-0.1, -0.05) is 0 Å². The van der Waals surface area contributed by atoms with Crippen molar-refractivity contribution in [1.29, 1.82) is 0 Å². The molecule has 86 valence electrons. The molecule has 16 heavy (non-hydrogen) atoms. The fourth-order valence-corrected chi connectivity index (χ4v) is 1.77. The minimum Gasteiger partial charge on any atom is -0.379 e. The summed E-state index contributed by atoms with van der Waals surface area (Å²) in [6.07, 6.45) is 3.88. The number of carbonyl (C=O) groups excluding carboxylic acids is 1. The predicted octanol–water partition coefficient (Wildman–Crippen LogP) is 0.987. The maximum atomic E-state index is 11.8. The molecule has 0 N–H and O–H groups in total. The average molecular weight is 220 g/mol. The van der Waals surface area contributed by atoms with E-state index in [0.717, 1.165) is 38.4 Å². The number of Topliss-reactive ketones (excluding diaryl/α,β-unsaturated/α-hetero) is 1. The summed E-state index contributed by atoms with van der Waals surface area (Å²) in [4.78, 5) is 18.0. The van der Waals surface area contributed by atoms with Crippen LogP contribution in [0.3, 0.4) is 0 Å². The lowest BCUT2D eigenvalue weighted by atomic mass is 10.1. The van der Waals surface area contributed by atoms with Gasteiger partial charge in [0.15, 0.2) is 5.78 Å². The van der Waals surface area contributed by atoms with Crippen molar-refractivity contribution in [2.45, 2.75) is 6.42 Å². The first-order chi connectivity index (χ1) is 7.86. The fourth-order valence-electron chi connectivity index (χ4n) is 1.77. The number of morpholine rings is 1. The van der Waals surface area contributed by atoms with Crippen molar-refractivity contribution in [2.75, 3.05) is 32.8 Å². The highest BCUT2D eigenvalue weighted by molar-refractivity contribution is 5.95. The van der Waals surface area contributed by atoms with Crippen LogP contribution >= 0.6 is 0 Å². The summed E-state index contributed by atoms with van der Waals surface area (Å²) in [6.45, 7) is 4.25. The molecular weight excluding hydrogens is 204 g/mol. The molecule has 0 amide bonds. The standard InChI is InChI=1S/C12H16N2O2/c15-12(11-1-4-13-5-2-11)3-6-14-7-9-16-10-8-14/h1-2,4-5H,3,6-10H2. The first-order valence-electron chi connectivity index (χ1n) is 5.59. The van der Waals surface area contributed by atoms with E-state index >= 15 is 0 Å². The molecule has 0 saturated carbocycles. The predicted molar refractivity (Wildman–Crippen MR) is 60.4 cm³/mol. The third kappa shape index (κ3) is 3.12. The molecule has 0 aliphatic carbocycles. The van der Waals surface area contributed by atoms with Gasteiger partial charge in [-0.3, -0.25) is 14.7 Å². The lowest BCUT2D eigenvalue weighted by Gasteiger charge is -2.26. The summed E-state index contributed by atoms with van der Waals surface area (Å²) < 4.78 is 5.26. The number of aromatic nitrogens is 1. The van der Waals surface area contributed by atoms with E-state index in [9.17, 15) is 4.79 Å². The Labute approximate surface area is 95.2 Å². The zero-order chi connectivity index (χ0) is 11.2. The molecule has 2 heterocycles. The van der Waals surface area contributed by atoms with E-state index in [2.05, 4.69) is 9.88 Å². The quantitative estimate of drug-likeness (QED) is 0.710. The maximum Gasteiger partial charge on any atom is 0.164 e. The van der Waals surface area contributed by atoms with Crippen LogP contribution < -0.4 is 0 Å². The van der Waals surface area contributed by atoms with Crippen LogP contribution in [0.15, 0.2) is 24.5 Å². The van der Waals surface area contributed by atoms with Crippen LogP contribution in [0.5, 0.6) is 0 Å². The topological polar surface area (TPSA) is 42.4 Å². The number of pyridine rings is 1.